The van der Waals surface area contributed by atoms with Gasteiger partial charge >= 0.3 is 6.18 Å². The summed E-state index contributed by atoms with van der Waals surface area (Å²) in [5, 5.41) is 4.00. The molecule has 0 spiro atoms. The van der Waals surface area contributed by atoms with Gasteiger partial charge in [0.1, 0.15) is 13.3 Å². The summed E-state index contributed by atoms with van der Waals surface area (Å²) in [5.74, 6) is 0.550. The summed E-state index contributed by atoms with van der Waals surface area (Å²) in [6, 6.07) is 8.43. The SMILES string of the molecule is CC(=NOCc1ccc(C(F)(F)F)cc1)c1ccc(OCN2CCCC2)nc1. The van der Waals surface area contributed by atoms with Crippen LogP contribution in [0.4, 0.5) is 13.2 Å². The number of pyridine rings is 1. The molecular weight excluding hydrogens is 371 g/mol. The zero-order valence-corrected chi connectivity index (χ0v) is 15.6. The molecule has 0 radical (unpaired) electrons. The minimum atomic E-state index is -4.34. The van der Waals surface area contributed by atoms with E-state index in [1.165, 1.54) is 25.0 Å². The monoisotopic (exact) mass is 393 g/mol. The lowest BCUT2D eigenvalue weighted by Crippen LogP contribution is -2.24. The highest BCUT2D eigenvalue weighted by atomic mass is 19.4. The number of alkyl halides is 3. The first kappa shape index (κ1) is 20.1. The molecule has 0 saturated carbocycles. The molecule has 1 aliphatic rings. The second-order valence-corrected chi connectivity index (χ2v) is 6.63. The first-order valence-electron chi connectivity index (χ1n) is 9.06. The minimum Gasteiger partial charge on any atom is -0.461 e. The summed E-state index contributed by atoms with van der Waals surface area (Å²) < 4.78 is 43.3. The summed E-state index contributed by atoms with van der Waals surface area (Å²) >= 11 is 0. The number of hydrogen-bond acceptors (Lipinski definition) is 5. The van der Waals surface area contributed by atoms with Crippen LogP contribution in [0.3, 0.4) is 0 Å². The lowest BCUT2D eigenvalue weighted by molar-refractivity contribution is -0.137. The third-order valence-electron chi connectivity index (χ3n) is 4.46. The number of rotatable bonds is 7. The second-order valence-electron chi connectivity index (χ2n) is 6.63. The van der Waals surface area contributed by atoms with Gasteiger partial charge in [-0.3, -0.25) is 4.90 Å². The fraction of sp³-hybridized carbons (Fsp3) is 0.400. The molecule has 3 rings (SSSR count). The van der Waals surface area contributed by atoms with Crippen molar-refractivity contribution in [2.45, 2.75) is 32.5 Å². The zero-order chi connectivity index (χ0) is 20.0. The number of benzene rings is 1. The minimum absolute atomic E-state index is 0.0833. The van der Waals surface area contributed by atoms with Crippen molar-refractivity contribution in [3.63, 3.8) is 0 Å². The van der Waals surface area contributed by atoms with E-state index in [0.717, 1.165) is 30.8 Å². The molecule has 1 fully saturated rings. The second kappa shape index (κ2) is 9.05. The van der Waals surface area contributed by atoms with Crippen LogP contribution in [0.5, 0.6) is 5.88 Å². The summed E-state index contributed by atoms with van der Waals surface area (Å²) in [6.45, 7) is 4.50. The van der Waals surface area contributed by atoms with Crippen LogP contribution >= 0.6 is 0 Å². The largest absolute Gasteiger partial charge is 0.461 e. The van der Waals surface area contributed by atoms with Gasteiger partial charge in [0.15, 0.2) is 0 Å². The van der Waals surface area contributed by atoms with Crippen LogP contribution < -0.4 is 4.74 Å². The van der Waals surface area contributed by atoms with Crippen LogP contribution in [0.15, 0.2) is 47.8 Å². The Kier molecular flexibility index (Phi) is 6.51. The van der Waals surface area contributed by atoms with Crippen LogP contribution in [0, 0.1) is 0 Å². The molecule has 1 aliphatic heterocycles. The van der Waals surface area contributed by atoms with Gasteiger partial charge in [-0.15, -0.1) is 0 Å². The fourth-order valence-electron chi connectivity index (χ4n) is 2.80. The highest BCUT2D eigenvalue weighted by Gasteiger charge is 2.29. The molecule has 0 N–H and O–H groups in total. The Morgan fingerprint density at radius 2 is 1.82 bits per heavy atom. The fourth-order valence-corrected chi connectivity index (χ4v) is 2.80. The van der Waals surface area contributed by atoms with Crippen LogP contribution in [0.25, 0.3) is 0 Å². The first-order valence-corrected chi connectivity index (χ1v) is 9.06. The maximum Gasteiger partial charge on any atom is 0.416 e. The molecule has 28 heavy (non-hydrogen) atoms. The Hall–Kier alpha value is -2.61. The maximum absolute atomic E-state index is 12.6. The molecule has 8 heteroatoms. The number of ether oxygens (including phenoxy) is 1. The summed E-state index contributed by atoms with van der Waals surface area (Å²) in [4.78, 5) is 11.7. The van der Waals surface area contributed by atoms with E-state index in [4.69, 9.17) is 9.57 Å². The van der Waals surface area contributed by atoms with Crippen molar-refractivity contribution in [1.29, 1.82) is 0 Å². The highest BCUT2D eigenvalue weighted by Crippen LogP contribution is 2.29. The number of oxime groups is 1. The predicted octanol–water partition coefficient (Wildman–Crippen LogP) is 4.47. The van der Waals surface area contributed by atoms with Crippen LogP contribution in [0.1, 0.15) is 36.5 Å². The molecule has 5 nitrogen and oxygen atoms in total. The molecule has 0 atom stereocenters. The smallest absolute Gasteiger partial charge is 0.416 e. The molecule has 1 aromatic carbocycles. The van der Waals surface area contributed by atoms with Gasteiger partial charge in [0.25, 0.3) is 0 Å². The van der Waals surface area contributed by atoms with Gasteiger partial charge in [0.05, 0.1) is 11.3 Å². The van der Waals surface area contributed by atoms with Crippen LogP contribution in [-0.2, 0) is 17.6 Å². The molecule has 0 unspecified atom stereocenters. The average molecular weight is 393 g/mol. The molecular formula is C20H22F3N3O2. The van der Waals surface area contributed by atoms with Gasteiger partial charge in [0.2, 0.25) is 5.88 Å². The summed E-state index contributed by atoms with van der Waals surface area (Å²) in [5.41, 5.74) is 1.31. The molecule has 0 bridgehead atoms. The normalized spacial score (nSPS) is 15.6. The van der Waals surface area contributed by atoms with Crippen molar-refractivity contribution in [1.82, 2.24) is 9.88 Å². The van der Waals surface area contributed by atoms with E-state index in [2.05, 4.69) is 15.0 Å². The Balaban J connectivity index is 1.49. The van der Waals surface area contributed by atoms with Gasteiger partial charge < -0.3 is 9.57 Å². The average Bonchev–Trinajstić information content (AvgIpc) is 3.20. The standard InChI is InChI=1S/C20H22F3N3O2/c1-15(25-28-13-16-4-7-18(8-5-16)20(21,22)23)17-6-9-19(24-12-17)27-14-26-10-2-3-11-26/h4-9,12H,2-3,10-11,13-14H2,1H3. The van der Waals surface area contributed by atoms with E-state index >= 15 is 0 Å². The molecule has 150 valence electrons. The van der Waals surface area contributed by atoms with Crippen molar-refractivity contribution in [3.8, 4) is 5.88 Å². The van der Waals surface area contributed by atoms with Gasteiger partial charge in [-0.25, -0.2) is 4.98 Å². The molecule has 1 saturated heterocycles. The Labute approximate surface area is 161 Å². The topological polar surface area (TPSA) is 47.0 Å². The number of aromatic nitrogens is 1. The van der Waals surface area contributed by atoms with Gasteiger partial charge in [0, 0.05) is 30.9 Å². The van der Waals surface area contributed by atoms with E-state index in [0.29, 0.717) is 23.9 Å². The molecule has 0 amide bonds. The lowest BCUT2D eigenvalue weighted by Gasteiger charge is -2.14. The molecule has 0 aliphatic carbocycles. The Bertz CT molecular complexity index is 784. The van der Waals surface area contributed by atoms with Crippen molar-refractivity contribution >= 4 is 5.71 Å². The van der Waals surface area contributed by atoms with Gasteiger partial charge in [-0.1, -0.05) is 17.3 Å². The van der Waals surface area contributed by atoms with E-state index in [1.54, 1.807) is 19.2 Å². The van der Waals surface area contributed by atoms with Crippen LogP contribution in [0.2, 0.25) is 0 Å². The van der Waals surface area contributed by atoms with Crippen molar-refractivity contribution < 1.29 is 22.7 Å². The van der Waals surface area contributed by atoms with Gasteiger partial charge in [-0.05, 0) is 43.5 Å². The predicted molar refractivity (Wildman–Crippen MR) is 99.0 cm³/mol. The van der Waals surface area contributed by atoms with E-state index < -0.39 is 11.7 Å². The summed E-state index contributed by atoms with van der Waals surface area (Å²) in [7, 11) is 0. The molecule has 1 aromatic heterocycles. The van der Waals surface area contributed by atoms with Crippen LogP contribution in [-0.4, -0.2) is 35.4 Å². The quantitative estimate of drug-likeness (QED) is 0.514. The molecule has 2 aromatic rings. The first-order chi connectivity index (χ1) is 13.4. The third-order valence-corrected chi connectivity index (χ3v) is 4.46. The van der Waals surface area contributed by atoms with Crippen molar-refractivity contribution in [2.24, 2.45) is 5.16 Å². The number of nitrogens with zero attached hydrogens (tertiary/aromatic N) is 3. The van der Waals surface area contributed by atoms with E-state index in [9.17, 15) is 13.2 Å². The van der Waals surface area contributed by atoms with E-state index in [-0.39, 0.29) is 6.61 Å². The lowest BCUT2D eigenvalue weighted by atomic mass is 10.1. The number of hydrogen-bond donors (Lipinski definition) is 0. The van der Waals surface area contributed by atoms with Crippen molar-refractivity contribution in [3.05, 3.63) is 59.3 Å². The number of likely N-dealkylation sites (tertiary alicyclic amines) is 1. The Morgan fingerprint density at radius 1 is 1.11 bits per heavy atom. The zero-order valence-electron chi connectivity index (χ0n) is 15.6. The number of halogens is 3. The van der Waals surface area contributed by atoms with Crippen molar-refractivity contribution in [2.75, 3.05) is 19.8 Å². The summed E-state index contributed by atoms with van der Waals surface area (Å²) in [6.07, 6.45) is -0.277. The maximum atomic E-state index is 12.6. The van der Waals surface area contributed by atoms with E-state index in [1.807, 2.05) is 6.07 Å². The third kappa shape index (κ3) is 5.69. The highest BCUT2D eigenvalue weighted by molar-refractivity contribution is 5.98. The van der Waals surface area contributed by atoms with Gasteiger partial charge in [-0.2, -0.15) is 13.2 Å². The molecule has 2 heterocycles. The Morgan fingerprint density at radius 3 is 2.43 bits per heavy atom.